The summed E-state index contributed by atoms with van der Waals surface area (Å²) in [6.45, 7) is 1.33. The molecule has 1 amide bonds. The fourth-order valence-corrected chi connectivity index (χ4v) is 4.14. The lowest BCUT2D eigenvalue weighted by atomic mass is 9.90. The van der Waals surface area contributed by atoms with Crippen molar-refractivity contribution in [2.24, 2.45) is 0 Å². The number of rotatable bonds is 3. The average Bonchev–Trinajstić information content (AvgIpc) is 3.10. The number of amides is 1. The largest absolute Gasteiger partial charge is 0.352 e. The van der Waals surface area contributed by atoms with Crippen molar-refractivity contribution in [1.82, 2.24) is 24.1 Å². The number of piperidine rings is 1. The van der Waals surface area contributed by atoms with Gasteiger partial charge in [0.1, 0.15) is 12.9 Å². The van der Waals surface area contributed by atoms with Gasteiger partial charge in [-0.2, -0.15) is 0 Å². The van der Waals surface area contributed by atoms with Crippen LogP contribution in [0.15, 0.2) is 65.7 Å². The van der Waals surface area contributed by atoms with Gasteiger partial charge in [0.05, 0.1) is 5.52 Å². The van der Waals surface area contributed by atoms with Crippen molar-refractivity contribution in [2.45, 2.75) is 25.3 Å². The van der Waals surface area contributed by atoms with E-state index in [4.69, 9.17) is 0 Å². The SMILES string of the molecule is O=C(Cn1nc2c3ccccc3ncn2c1=O)N1CCC[C@@H](c2ccccc2)C1. The van der Waals surface area contributed by atoms with Crippen molar-refractivity contribution >= 4 is 22.5 Å². The number of carbonyl (C=O) groups excluding carboxylic acids is 1. The van der Waals surface area contributed by atoms with Crippen LogP contribution >= 0.6 is 0 Å². The molecule has 0 saturated carbocycles. The van der Waals surface area contributed by atoms with E-state index in [2.05, 4.69) is 22.2 Å². The summed E-state index contributed by atoms with van der Waals surface area (Å²) in [7, 11) is 0. The lowest BCUT2D eigenvalue weighted by Crippen LogP contribution is -2.42. The second kappa shape index (κ2) is 7.16. The maximum Gasteiger partial charge on any atom is 0.352 e. The highest BCUT2D eigenvalue weighted by atomic mass is 16.2. The van der Waals surface area contributed by atoms with Crippen LogP contribution in [0.25, 0.3) is 16.6 Å². The summed E-state index contributed by atoms with van der Waals surface area (Å²) in [5.74, 6) is 0.258. The summed E-state index contributed by atoms with van der Waals surface area (Å²) in [6.07, 6.45) is 3.50. The third-order valence-electron chi connectivity index (χ3n) is 5.66. The summed E-state index contributed by atoms with van der Waals surface area (Å²) >= 11 is 0. The molecule has 1 saturated heterocycles. The Bertz CT molecular complexity index is 1240. The first-order chi connectivity index (χ1) is 14.2. The van der Waals surface area contributed by atoms with E-state index in [1.165, 1.54) is 21.0 Å². The van der Waals surface area contributed by atoms with Gasteiger partial charge in [-0.25, -0.2) is 18.9 Å². The standard InChI is InChI=1S/C22H21N5O2/c28-20(25-12-6-9-17(13-25)16-7-2-1-3-8-16)14-27-22(29)26-15-23-19-11-5-4-10-18(19)21(26)24-27/h1-5,7-8,10-11,15,17H,6,9,12-14H2/t17-/m1/s1. The van der Waals surface area contributed by atoms with Crippen LogP contribution in [0, 0.1) is 0 Å². The molecule has 7 heteroatoms. The van der Waals surface area contributed by atoms with Crippen molar-refractivity contribution in [3.05, 3.63) is 77.0 Å². The maximum atomic E-state index is 12.9. The van der Waals surface area contributed by atoms with Crippen molar-refractivity contribution in [3.63, 3.8) is 0 Å². The molecule has 4 aromatic rings. The van der Waals surface area contributed by atoms with Gasteiger partial charge in [-0.3, -0.25) is 4.79 Å². The van der Waals surface area contributed by atoms with Crippen molar-refractivity contribution in [2.75, 3.05) is 13.1 Å². The highest BCUT2D eigenvalue weighted by Gasteiger charge is 2.25. The summed E-state index contributed by atoms with van der Waals surface area (Å²) in [5, 5.41) is 5.22. The number of hydrogen-bond acceptors (Lipinski definition) is 4. The predicted molar refractivity (Wildman–Crippen MR) is 110 cm³/mol. The van der Waals surface area contributed by atoms with Crippen LogP contribution in [0.1, 0.15) is 24.3 Å². The van der Waals surface area contributed by atoms with Crippen LogP contribution < -0.4 is 5.69 Å². The zero-order valence-electron chi connectivity index (χ0n) is 15.9. The maximum absolute atomic E-state index is 12.9. The Morgan fingerprint density at radius 1 is 1.07 bits per heavy atom. The third-order valence-corrected chi connectivity index (χ3v) is 5.66. The minimum atomic E-state index is -0.344. The number of hydrogen-bond donors (Lipinski definition) is 0. The van der Waals surface area contributed by atoms with Crippen LogP contribution in [-0.4, -0.2) is 43.1 Å². The third kappa shape index (κ3) is 3.18. The van der Waals surface area contributed by atoms with Crippen molar-refractivity contribution in [1.29, 1.82) is 0 Å². The molecule has 1 aliphatic heterocycles. The minimum Gasteiger partial charge on any atom is -0.340 e. The van der Waals surface area contributed by atoms with E-state index in [1.807, 2.05) is 47.4 Å². The van der Waals surface area contributed by atoms with Crippen LogP contribution in [0.2, 0.25) is 0 Å². The Kier molecular flexibility index (Phi) is 4.35. The molecule has 0 aliphatic carbocycles. The lowest BCUT2D eigenvalue weighted by Gasteiger charge is -2.33. The monoisotopic (exact) mass is 387 g/mol. The van der Waals surface area contributed by atoms with E-state index in [1.54, 1.807) is 0 Å². The Morgan fingerprint density at radius 3 is 2.72 bits per heavy atom. The molecule has 0 bridgehead atoms. The van der Waals surface area contributed by atoms with Gasteiger partial charge >= 0.3 is 5.69 Å². The molecule has 0 radical (unpaired) electrons. The van der Waals surface area contributed by atoms with Crippen molar-refractivity contribution < 1.29 is 4.79 Å². The first-order valence-corrected chi connectivity index (χ1v) is 9.86. The van der Waals surface area contributed by atoms with Gasteiger partial charge < -0.3 is 4.90 Å². The summed E-state index contributed by atoms with van der Waals surface area (Å²) in [6, 6.07) is 17.8. The van der Waals surface area contributed by atoms with Crippen LogP contribution in [0.4, 0.5) is 0 Å². The molecule has 2 aromatic heterocycles. The minimum absolute atomic E-state index is 0.0592. The number of carbonyl (C=O) groups is 1. The molecular weight excluding hydrogens is 366 g/mol. The Balaban J connectivity index is 1.40. The zero-order chi connectivity index (χ0) is 19.8. The Labute approximate surface area is 167 Å². The van der Waals surface area contributed by atoms with E-state index in [9.17, 15) is 9.59 Å². The van der Waals surface area contributed by atoms with Gasteiger partial charge in [0.15, 0.2) is 5.65 Å². The summed E-state index contributed by atoms with van der Waals surface area (Å²) in [5.41, 5.74) is 2.20. The van der Waals surface area contributed by atoms with Crippen LogP contribution in [-0.2, 0) is 11.3 Å². The van der Waals surface area contributed by atoms with Gasteiger partial charge in [0, 0.05) is 24.4 Å². The number of para-hydroxylation sites is 1. The molecule has 7 nitrogen and oxygen atoms in total. The first-order valence-electron chi connectivity index (χ1n) is 9.86. The van der Waals surface area contributed by atoms with Gasteiger partial charge in [0.25, 0.3) is 0 Å². The summed E-state index contributed by atoms with van der Waals surface area (Å²) in [4.78, 5) is 31.8. The average molecular weight is 387 g/mol. The number of benzene rings is 2. The number of fused-ring (bicyclic) bond motifs is 3. The molecule has 1 aliphatic rings. The highest BCUT2D eigenvalue weighted by Crippen LogP contribution is 2.26. The van der Waals surface area contributed by atoms with E-state index < -0.39 is 0 Å². The smallest absolute Gasteiger partial charge is 0.340 e. The van der Waals surface area contributed by atoms with Gasteiger partial charge in [-0.1, -0.05) is 42.5 Å². The zero-order valence-corrected chi connectivity index (χ0v) is 15.9. The summed E-state index contributed by atoms with van der Waals surface area (Å²) < 4.78 is 2.65. The second-order valence-electron chi connectivity index (χ2n) is 7.49. The topological polar surface area (TPSA) is 72.5 Å². The molecule has 3 heterocycles. The van der Waals surface area contributed by atoms with Crippen molar-refractivity contribution in [3.8, 4) is 0 Å². The van der Waals surface area contributed by atoms with E-state index in [0.29, 0.717) is 18.1 Å². The van der Waals surface area contributed by atoms with Crippen LogP contribution in [0.3, 0.4) is 0 Å². The second-order valence-corrected chi connectivity index (χ2v) is 7.49. The molecular formula is C22H21N5O2. The molecule has 1 atom stereocenters. The molecule has 146 valence electrons. The van der Waals surface area contributed by atoms with E-state index in [0.717, 1.165) is 30.3 Å². The van der Waals surface area contributed by atoms with Gasteiger partial charge in [-0.15, -0.1) is 5.10 Å². The van der Waals surface area contributed by atoms with Crippen LogP contribution in [0.5, 0.6) is 0 Å². The van der Waals surface area contributed by atoms with E-state index in [-0.39, 0.29) is 18.1 Å². The Hall–Kier alpha value is -3.48. The molecule has 0 spiro atoms. The number of likely N-dealkylation sites (tertiary alicyclic amines) is 1. The molecule has 1 fully saturated rings. The predicted octanol–water partition coefficient (Wildman–Crippen LogP) is 2.45. The molecule has 2 aromatic carbocycles. The fourth-order valence-electron chi connectivity index (χ4n) is 4.14. The molecule has 29 heavy (non-hydrogen) atoms. The van der Waals surface area contributed by atoms with E-state index >= 15 is 0 Å². The molecule has 0 N–H and O–H groups in total. The Morgan fingerprint density at radius 2 is 1.86 bits per heavy atom. The highest BCUT2D eigenvalue weighted by molar-refractivity contribution is 5.90. The van der Waals surface area contributed by atoms with Gasteiger partial charge in [-0.05, 0) is 30.5 Å². The lowest BCUT2D eigenvalue weighted by molar-refractivity contribution is -0.133. The molecule has 0 unspecified atom stereocenters. The van der Waals surface area contributed by atoms with Gasteiger partial charge in [0.2, 0.25) is 5.91 Å². The first kappa shape index (κ1) is 17.6. The normalized spacial score (nSPS) is 17.1. The number of nitrogens with zero attached hydrogens (tertiary/aromatic N) is 5. The number of aromatic nitrogens is 4. The fraction of sp³-hybridized carbons (Fsp3) is 0.273. The molecule has 5 rings (SSSR count). The quantitative estimate of drug-likeness (QED) is 0.541.